The summed E-state index contributed by atoms with van der Waals surface area (Å²) in [6.45, 7) is 5.68. The van der Waals surface area contributed by atoms with Crippen molar-refractivity contribution in [3.05, 3.63) is 40.6 Å². The van der Waals surface area contributed by atoms with Crippen LogP contribution in [0.3, 0.4) is 0 Å². The molecule has 1 aromatic carbocycles. The van der Waals surface area contributed by atoms with Crippen molar-refractivity contribution < 1.29 is 24.2 Å². The number of carbonyl (C=O) groups excluding carboxylic acids is 1. The number of ether oxygens (including phenoxy) is 2. The molecule has 5 rings (SSSR count). The van der Waals surface area contributed by atoms with Crippen LogP contribution in [-0.2, 0) is 19.1 Å². The summed E-state index contributed by atoms with van der Waals surface area (Å²) in [5, 5.41) is 13.0. The Bertz CT molecular complexity index is 836. The van der Waals surface area contributed by atoms with Crippen LogP contribution in [0.4, 0.5) is 0 Å². The Hall–Kier alpha value is -1.89. The summed E-state index contributed by atoms with van der Waals surface area (Å²) in [7, 11) is 0. The highest BCUT2D eigenvalue weighted by molar-refractivity contribution is 6.23. The molecule has 6 heteroatoms. The molecule has 0 atom stereocenters. The molecule has 6 nitrogen and oxygen atoms in total. The number of benzene rings is 1. The van der Waals surface area contributed by atoms with E-state index in [4.69, 9.17) is 14.3 Å². The third-order valence-corrected chi connectivity index (χ3v) is 6.98. The van der Waals surface area contributed by atoms with Crippen LogP contribution >= 0.6 is 0 Å². The van der Waals surface area contributed by atoms with Gasteiger partial charge in [0.15, 0.2) is 5.79 Å². The Morgan fingerprint density at radius 1 is 1.10 bits per heavy atom. The lowest BCUT2D eigenvalue weighted by molar-refractivity contribution is -0.242. The minimum Gasteiger partial charge on any atom is -0.509 e. The number of hydrogen-bond donors (Lipinski definition) is 1. The van der Waals surface area contributed by atoms with Crippen molar-refractivity contribution in [2.75, 3.05) is 19.8 Å². The van der Waals surface area contributed by atoms with Gasteiger partial charge < -0.3 is 14.6 Å². The number of hydrogen-bond acceptors (Lipinski definition) is 5. The number of rotatable bonds is 4. The zero-order chi connectivity index (χ0) is 20.2. The van der Waals surface area contributed by atoms with E-state index in [0.717, 1.165) is 29.5 Å². The monoisotopic (exact) mass is 399 g/mol. The molecule has 2 aliphatic carbocycles. The van der Waals surface area contributed by atoms with Crippen LogP contribution in [0, 0.1) is 19.8 Å². The van der Waals surface area contributed by atoms with Crippen molar-refractivity contribution in [3.63, 3.8) is 0 Å². The molecule has 3 fully saturated rings. The molecule has 0 bridgehead atoms. The number of amides is 1. The van der Waals surface area contributed by atoms with Crippen LogP contribution in [0.1, 0.15) is 55.2 Å². The summed E-state index contributed by atoms with van der Waals surface area (Å²) < 4.78 is 11.8. The van der Waals surface area contributed by atoms with Crippen molar-refractivity contribution in [1.29, 1.82) is 0 Å². The predicted molar refractivity (Wildman–Crippen MR) is 107 cm³/mol. The van der Waals surface area contributed by atoms with Crippen LogP contribution in [0.2, 0.25) is 0 Å². The topological polar surface area (TPSA) is 68.2 Å². The van der Waals surface area contributed by atoms with Gasteiger partial charge in [0.1, 0.15) is 11.3 Å². The van der Waals surface area contributed by atoms with E-state index in [0.29, 0.717) is 57.0 Å². The first-order valence-corrected chi connectivity index (χ1v) is 10.7. The second kappa shape index (κ2) is 6.83. The highest BCUT2D eigenvalue weighted by atomic mass is 16.7. The van der Waals surface area contributed by atoms with Gasteiger partial charge in [-0.25, -0.2) is 5.06 Å². The number of aliphatic hydroxyl groups excluding tert-OH is 1. The lowest BCUT2D eigenvalue weighted by Crippen LogP contribution is -2.54. The molecular weight excluding hydrogens is 370 g/mol. The van der Waals surface area contributed by atoms with E-state index in [2.05, 4.69) is 0 Å². The molecule has 1 saturated heterocycles. The number of hydroxylamine groups is 2. The minimum absolute atomic E-state index is 0.142. The van der Waals surface area contributed by atoms with Gasteiger partial charge in [-0.2, -0.15) is 0 Å². The van der Waals surface area contributed by atoms with E-state index in [1.54, 1.807) is 0 Å². The number of aliphatic hydroxyl groups is 1. The zero-order valence-corrected chi connectivity index (χ0v) is 17.2. The Kier molecular flexibility index (Phi) is 4.49. The van der Waals surface area contributed by atoms with Gasteiger partial charge in [-0.05, 0) is 62.1 Å². The van der Waals surface area contributed by atoms with Crippen LogP contribution in [0.15, 0.2) is 24.0 Å². The van der Waals surface area contributed by atoms with E-state index in [-0.39, 0.29) is 11.7 Å². The van der Waals surface area contributed by atoms with Crippen molar-refractivity contribution >= 4 is 11.5 Å². The van der Waals surface area contributed by atoms with E-state index < -0.39 is 11.3 Å². The lowest BCUT2D eigenvalue weighted by atomic mass is 9.77. The summed E-state index contributed by atoms with van der Waals surface area (Å²) in [5.74, 6) is -0.145. The molecule has 0 unspecified atom stereocenters. The van der Waals surface area contributed by atoms with E-state index in [9.17, 15) is 9.90 Å². The SMILES string of the molecule is Cc1cccc(C)c1C1=C(O)C2(CCC3(CC2)OCCO3)N(OCC2CC2)C1=O. The smallest absolute Gasteiger partial charge is 0.282 e. The maximum absolute atomic E-state index is 13.6. The fourth-order valence-corrected chi connectivity index (χ4v) is 5.08. The molecule has 2 aliphatic heterocycles. The van der Waals surface area contributed by atoms with Crippen molar-refractivity contribution in [2.24, 2.45) is 5.92 Å². The molecule has 29 heavy (non-hydrogen) atoms. The quantitative estimate of drug-likeness (QED) is 0.834. The van der Waals surface area contributed by atoms with Crippen LogP contribution < -0.4 is 0 Å². The molecule has 0 radical (unpaired) electrons. The normalized spacial score (nSPS) is 25.6. The van der Waals surface area contributed by atoms with Crippen LogP contribution in [0.25, 0.3) is 5.57 Å². The Morgan fingerprint density at radius 3 is 2.31 bits per heavy atom. The Labute approximate surface area is 171 Å². The molecule has 2 heterocycles. The molecule has 2 saturated carbocycles. The van der Waals surface area contributed by atoms with Gasteiger partial charge in [0.2, 0.25) is 0 Å². The van der Waals surface area contributed by atoms with Gasteiger partial charge in [-0.1, -0.05) is 18.2 Å². The van der Waals surface area contributed by atoms with Gasteiger partial charge in [-0.15, -0.1) is 0 Å². The summed E-state index contributed by atoms with van der Waals surface area (Å²) in [6.07, 6.45) is 4.67. The standard InChI is InChI=1S/C23H29NO5/c1-15-4-3-5-16(2)18(15)19-20(25)22(24(21(19)26)29-14-17-6-7-17)8-10-23(11-9-22)27-12-13-28-23/h3-5,17,25H,6-14H2,1-2H3. The summed E-state index contributed by atoms with van der Waals surface area (Å²) in [6, 6.07) is 5.93. The van der Waals surface area contributed by atoms with Gasteiger partial charge in [-0.3, -0.25) is 9.63 Å². The van der Waals surface area contributed by atoms with Crippen LogP contribution in [0.5, 0.6) is 0 Å². The van der Waals surface area contributed by atoms with E-state index >= 15 is 0 Å². The predicted octanol–water partition coefficient (Wildman–Crippen LogP) is 3.81. The second-order valence-electron chi connectivity index (χ2n) is 8.97. The van der Waals surface area contributed by atoms with Gasteiger partial charge >= 0.3 is 0 Å². The third-order valence-electron chi connectivity index (χ3n) is 6.98. The summed E-state index contributed by atoms with van der Waals surface area (Å²) >= 11 is 0. The molecule has 4 aliphatic rings. The largest absolute Gasteiger partial charge is 0.509 e. The van der Waals surface area contributed by atoms with Crippen molar-refractivity contribution in [3.8, 4) is 0 Å². The minimum atomic E-state index is -0.837. The number of nitrogens with zero attached hydrogens (tertiary/aromatic N) is 1. The number of carbonyl (C=O) groups is 1. The van der Waals surface area contributed by atoms with E-state index in [1.165, 1.54) is 5.06 Å². The van der Waals surface area contributed by atoms with Crippen molar-refractivity contribution in [1.82, 2.24) is 5.06 Å². The molecule has 1 N–H and O–H groups in total. The molecule has 1 aromatic rings. The molecule has 2 spiro atoms. The first-order valence-electron chi connectivity index (χ1n) is 10.7. The van der Waals surface area contributed by atoms with Gasteiger partial charge in [0.05, 0.1) is 25.4 Å². The van der Waals surface area contributed by atoms with Crippen LogP contribution in [-0.4, -0.2) is 47.2 Å². The third kappa shape index (κ3) is 3.00. The fourth-order valence-electron chi connectivity index (χ4n) is 5.08. The highest BCUT2D eigenvalue weighted by Gasteiger charge is 2.59. The Morgan fingerprint density at radius 2 is 1.72 bits per heavy atom. The molecule has 156 valence electrons. The average Bonchev–Trinajstić information content (AvgIpc) is 3.39. The maximum atomic E-state index is 13.6. The lowest BCUT2D eigenvalue weighted by Gasteiger charge is -2.45. The number of aryl methyl sites for hydroxylation is 2. The first-order chi connectivity index (χ1) is 14.0. The fraction of sp³-hybridized carbons (Fsp3) is 0.609. The molecular formula is C23H29NO5. The summed E-state index contributed by atoms with van der Waals surface area (Å²) in [5.41, 5.74) is 2.33. The zero-order valence-electron chi connectivity index (χ0n) is 17.2. The molecule has 1 amide bonds. The Balaban J connectivity index is 1.54. The highest BCUT2D eigenvalue weighted by Crippen LogP contribution is 2.52. The van der Waals surface area contributed by atoms with Gasteiger partial charge in [0, 0.05) is 12.8 Å². The van der Waals surface area contributed by atoms with Crippen molar-refractivity contribution in [2.45, 2.75) is 63.7 Å². The van der Waals surface area contributed by atoms with E-state index in [1.807, 2.05) is 32.0 Å². The summed E-state index contributed by atoms with van der Waals surface area (Å²) in [4.78, 5) is 19.6. The van der Waals surface area contributed by atoms with Gasteiger partial charge in [0.25, 0.3) is 5.91 Å². The first kappa shape index (κ1) is 19.1. The second-order valence-corrected chi connectivity index (χ2v) is 8.97. The average molecular weight is 399 g/mol. The maximum Gasteiger partial charge on any atom is 0.282 e. The molecule has 0 aromatic heterocycles.